The second-order valence-electron chi connectivity index (χ2n) is 4.45. The van der Waals surface area contributed by atoms with E-state index in [0.29, 0.717) is 19.4 Å². The first kappa shape index (κ1) is 14.6. The first-order valence-electron chi connectivity index (χ1n) is 6.66. The molecule has 0 aliphatic rings. The van der Waals surface area contributed by atoms with Crippen molar-refractivity contribution in [2.45, 2.75) is 45.4 Å². The summed E-state index contributed by atoms with van der Waals surface area (Å²) >= 11 is 0. The maximum absolute atomic E-state index is 11.4. The van der Waals surface area contributed by atoms with E-state index < -0.39 is 0 Å². The Morgan fingerprint density at radius 1 is 1.17 bits per heavy atom. The Morgan fingerprint density at radius 2 is 1.89 bits per heavy atom. The van der Waals surface area contributed by atoms with E-state index in [0.717, 1.165) is 18.4 Å². The summed E-state index contributed by atoms with van der Waals surface area (Å²) in [7, 11) is 0. The minimum atomic E-state index is -0.107. The second kappa shape index (κ2) is 8.56. The van der Waals surface area contributed by atoms with Crippen molar-refractivity contribution >= 4 is 5.97 Å². The predicted molar refractivity (Wildman–Crippen MR) is 71.5 cm³/mol. The quantitative estimate of drug-likeness (QED) is 0.568. The van der Waals surface area contributed by atoms with Gasteiger partial charge in [-0.1, -0.05) is 38.3 Å². The van der Waals surface area contributed by atoms with Crippen LogP contribution in [0.3, 0.4) is 0 Å². The van der Waals surface area contributed by atoms with Crippen LogP contribution in [0.25, 0.3) is 0 Å². The molecule has 0 saturated carbocycles. The van der Waals surface area contributed by atoms with Gasteiger partial charge >= 0.3 is 5.97 Å². The lowest BCUT2D eigenvalue weighted by Gasteiger charge is -2.05. The van der Waals surface area contributed by atoms with Crippen LogP contribution < -0.4 is 0 Å². The molecule has 0 spiro atoms. The molecule has 0 bridgehead atoms. The first-order chi connectivity index (χ1) is 8.72. The van der Waals surface area contributed by atoms with Crippen LogP contribution >= 0.6 is 0 Å². The van der Waals surface area contributed by atoms with Gasteiger partial charge in [-0.3, -0.25) is 4.79 Å². The number of hydrogen-bond donors (Lipinski definition) is 1. The summed E-state index contributed by atoms with van der Waals surface area (Å²) in [6.07, 6.45) is 5.60. The van der Waals surface area contributed by atoms with E-state index in [1.54, 1.807) is 12.1 Å². The van der Waals surface area contributed by atoms with Crippen LogP contribution in [0.15, 0.2) is 24.3 Å². The van der Waals surface area contributed by atoms with Crippen LogP contribution in [-0.4, -0.2) is 17.7 Å². The van der Waals surface area contributed by atoms with Gasteiger partial charge in [-0.2, -0.15) is 0 Å². The molecule has 0 aromatic heterocycles. The number of hydrogen-bond acceptors (Lipinski definition) is 3. The highest BCUT2D eigenvalue weighted by Crippen LogP contribution is 2.10. The smallest absolute Gasteiger partial charge is 0.305 e. The van der Waals surface area contributed by atoms with Crippen molar-refractivity contribution in [3.05, 3.63) is 29.8 Å². The molecule has 0 amide bonds. The topological polar surface area (TPSA) is 46.5 Å². The number of unbranched alkanes of at least 4 members (excludes halogenated alkanes) is 3. The Kier molecular flexibility index (Phi) is 6.92. The summed E-state index contributed by atoms with van der Waals surface area (Å²) in [5, 5.41) is 9.13. The third-order valence-corrected chi connectivity index (χ3v) is 2.82. The van der Waals surface area contributed by atoms with Gasteiger partial charge in [0.1, 0.15) is 5.75 Å². The fourth-order valence-electron chi connectivity index (χ4n) is 1.71. The van der Waals surface area contributed by atoms with Gasteiger partial charge in [-0.05, 0) is 24.1 Å². The maximum Gasteiger partial charge on any atom is 0.305 e. The zero-order valence-corrected chi connectivity index (χ0v) is 11.0. The number of carbonyl (C=O) groups is 1. The van der Waals surface area contributed by atoms with Gasteiger partial charge in [0.25, 0.3) is 0 Å². The number of phenolic OH excluding ortho intramolecular Hbond substituents is 1. The molecule has 0 radical (unpaired) electrons. The molecule has 3 heteroatoms. The Labute approximate surface area is 109 Å². The largest absolute Gasteiger partial charge is 0.508 e. The molecule has 1 rings (SSSR count). The monoisotopic (exact) mass is 250 g/mol. The number of benzene rings is 1. The summed E-state index contributed by atoms with van der Waals surface area (Å²) in [5.74, 6) is 0.150. The molecule has 0 fully saturated rings. The standard InChI is InChI=1S/C15H22O3/c1-2-3-4-5-6-15(17)18-12-11-13-7-9-14(16)10-8-13/h7-10,16H,2-6,11-12H2,1H3. The van der Waals surface area contributed by atoms with Crippen molar-refractivity contribution in [3.63, 3.8) is 0 Å². The van der Waals surface area contributed by atoms with Crippen LogP contribution in [0.1, 0.15) is 44.6 Å². The van der Waals surface area contributed by atoms with E-state index in [1.807, 2.05) is 12.1 Å². The molecule has 1 aromatic rings. The van der Waals surface area contributed by atoms with E-state index in [2.05, 4.69) is 6.92 Å². The summed E-state index contributed by atoms with van der Waals surface area (Å²) in [6, 6.07) is 6.96. The highest BCUT2D eigenvalue weighted by molar-refractivity contribution is 5.69. The Morgan fingerprint density at radius 3 is 2.56 bits per heavy atom. The number of carbonyl (C=O) groups excluding carboxylic acids is 1. The molecule has 0 aliphatic carbocycles. The van der Waals surface area contributed by atoms with Crippen LogP contribution in [0, 0.1) is 0 Å². The summed E-state index contributed by atoms with van der Waals surface area (Å²) < 4.78 is 5.15. The van der Waals surface area contributed by atoms with Gasteiger partial charge in [-0.25, -0.2) is 0 Å². The van der Waals surface area contributed by atoms with Gasteiger partial charge in [-0.15, -0.1) is 0 Å². The zero-order valence-electron chi connectivity index (χ0n) is 11.0. The van der Waals surface area contributed by atoms with Crippen molar-refractivity contribution in [2.24, 2.45) is 0 Å². The molecule has 1 N–H and O–H groups in total. The van der Waals surface area contributed by atoms with E-state index in [9.17, 15) is 4.79 Å². The SMILES string of the molecule is CCCCCCC(=O)OCCc1ccc(O)cc1. The van der Waals surface area contributed by atoms with Gasteiger partial charge in [0.2, 0.25) is 0 Å². The lowest BCUT2D eigenvalue weighted by molar-refractivity contribution is -0.143. The summed E-state index contributed by atoms with van der Waals surface area (Å²) in [4.78, 5) is 11.4. The van der Waals surface area contributed by atoms with E-state index in [1.165, 1.54) is 12.8 Å². The molecule has 100 valence electrons. The summed E-state index contributed by atoms with van der Waals surface area (Å²) in [6.45, 7) is 2.56. The number of ether oxygens (including phenoxy) is 1. The first-order valence-corrected chi connectivity index (χ1v) is 6.66. The highest BCUT2D eigenvalue weighted by atomic mass is 16.5. The lowest BCUT2D eigenvalue weighted by atomic mass is 10.1. The minimum absolute atomic E-state index is 0.107. The predicted octanol–water partition coefficient (Wildman–Crippen LogP) is 3.45. The van der Waals surface area contributed by atoms with E-state index in [-0.39, 0.29) is 11.7 Å². The normalized spacial score (nSPS) is 10.3. The number of esters is 1. The van der Waals surface area contributed by atoms with E-state index in [4.69, 9.17) is 9.84 Å². The Bertz CT molecular complexity index is 343. The van der Waals surface area contributed by atoms with Crippen LogP contribution in [0.2, 0.25) is 0 Å². The minimum Gasteiger partial charge on any atom is -0.508 e. The molecule has 3 nitrogen and oxygen atoms in total. The highest BCUT2D eigenvalue weighted by Gasteiger charge is 2.02. The van der Waals surface area contributed by atoms with Crippen LogP contribution in [0.5, 0.6) is 5.75 Å². The van der Waals surface area contributed by atoms with Crippen LogP contribution in [0.4, 0.5) is 0 Å². The molecule has 0 heterocycles. The van der Waals surface area contributed by atoms with Crippen LogP contribution in [-0.2, 0) is 16.0 Å². The fourth-order valence-corrected chi connectivity index (χ4v) is 1.71. The molecular weight excluding hydrogens is 228 g/mol. The third kappa shape index (κ3) is 6.28. The van der Waals surface area contributed by atoms with Crippen molar-refractivity contribution in [2.75, 3.05) is 6.61 Å². The van der Waals surface area contributed by atoms with Crippen molar-refractivity contribution < 1.29 is 14.6 Å². The summed E-state index contributed by atoms with van der Waals surface area (Å²) in [5.41, 5.74) is 1.06. The second-order valence-corrected chi connectivity index (χ2v) is 4.45. The average molecular weight is 250 g/mol. The van der Waals surface area contributed by atoms with E-state index >= 15 is 0 Å². The number of aromatic hydroxyl groups is 1. The Hall–Kier alpha value is -1.51. The van der Waals surface area contributed by atoms with Gasteiger partial charge < -0.3 is 9.84 Å². The third-order valence-electron chi connectivity index (χ3n) is 2.82. The molecule has 0 unspecified atom stereocenters. The molecule has 1 aromatic carbocycles. The molecule has 0 aliphatic heterocycles. The molecule has 0 atom stereocenters. The van der Waals surface area contributed by atoms with Gasteiger partial charge in [0, 0.05) is 12.8 Å². The van der Waals surface area contributed by atoms with Crippen molar-refractivity contribution in [1.82, 2.24) is 0 Å². The molecular formula is C15H22O3. The molecule has 18 heavy (non-hydrogen) atoms. The maximum atomic E-state index is 11.4. The number of rotatable bonds is 8. The van der Waals surface area contributed by atoms with Gasteiger partial charge in [0.05, 0.1) is 6.61 Å². The fraction of sp³-hybridized carbons (Fsp3) is 0.533. The van der Waals surface area contributed by atoms with Crippen molar-refractivity contribution in [1.29, 1.82) is 0 Å². The average Bonchev–Trinajstić information content (AvgIpc) is 2.37. The zero-order chi connectivity index (χ0) is 13.2. The lowest BCUT2D eigenvalue weighted by Crippen LogP contribution is -2.07. The van der Waals surface area contributed by atoms with Crippen molar-refractivity contribution in [3.8, 4) is 5.75 Å². The number of phenols is 1. The van der Waals surface area contributed by atoms with Gasteiger partial charge in [0.15, 0.2) is 0 Å². The Balaban J connectivity index is 2.10. The molecule has 0 saturated heterocycles.